The van der Waals surface area contributed by atoms with Crippen LogP contribution in [0.15, 0.2) is 36.4 Å². The number of benzene rings is 2. The zero-order chi connectivity index (χ0) is 27.8. The van der Waals surface area contributed by atoms with Crippen LogP contribution in [-0.2, 0) is 16.1 Å². The van der Waals surface area contributed by atoms with Crippen LogP contribution in [0.5, 0.6) is 11.5 Å². The Morgan fingerprint density at radius 2 is 1.63 bits per heavy atom. The van der Waals surface area contributed by atoms with E-state index < -0.39 is 0 Å². The van der Waals surface area contributed by atoms with Crippen molar-refractivity contribution in [2.24, 2.45) is 0 Å². The highest BCUT2D eigenvalue weighted by atomic mass is 16.5. The standard InChI is InChI=1S/C31H47N3O4/c1-5-7-8-9-10-11-16-29(36)32-22-26-17-18-27(35)28(21-26)38-20-13-19-34(6-2)23-30(37)33-31-24(3)14-12-15-25(31)4/h12,14-15,17-18,21,35H,5-11,13,16,19-20,22-23H2,1-4H3,(H,32,36)(H,33,37). The Morgan fingerprint density at radius 1 is 0.921 bits per heavy atom. The third-order valence-corrected chi connectivity index (χ3v) is 6.71. The molecule has 2 aromatic rings. The predicted molar refractivity (Wildman–Crippen MR) is 155 cm³/mol. The summed E-state index contributed by atoms with van der Waals surface area (Å²) in [4.78, 5) is 26.8. The van der Waals surface area contributed by atoms with Gasteiger partial charge >= 0.3 is 0 Å². The normalized spacial score (nSPS) is 11.0. The summed E-state index contributed by atoms with van der Waals surface area (Å²) < 4.78 is 5.83. The van der Waals surface area contributed by atoms with E-state index in [0.29, 0.717) is 44.8 Å². The number of phenolic OH excluding ortho intramolecular Hbond substituents is 1. The van der Waals surface area contributed by atoms with Crippen LogP contribution in [0, 0.1) is 13.8 Å². The van der Waals surface area contributed by atoms with Crippen molar-refractivity contribution in [3.63, 3.8) is 0 Å². The molecule has 210 valence electrons. The Hall–Kier alpha value is -3.06. The number of anilines is 1. The maximum atomic E-state index is 12.6. The number of hydrogen-bond donors (Lipinski definition) is 3. The molecule has 0 spiro atoms. The van der Waals surface area contributed by atoms with Crippen molar-refractivity contribution in [2.75, 3.05) is 31.6 Å². The topological polar surface area (TPSA) is 90.9 Å². The Morgan fingerprint density at radius 3 is 2.34 bits per heavy atom. The Bertz CT molecular complexity index is 988. The molecule has 0 unspecified atom stereocenters. The lowest BCUT2D eigenvalue weighted by Crippen LogP contribution is -2.34. The molecule has 3 N–H and O–H groups in total. The zero-order valence-corrected chi connectivity index (χ0v) is 23.8. The maximum absolute atomic E-state index is 12.6. The van der Waals surface area contributed by atoms with Crippen LogP contribution in [0.1, 0.15) is 81.9 Å². The van der Waals surface area contributed by atoms with Gasteiger partial charge in [0.15, 0.2) is 11.5 Å². The van der Waals surface area contributed by atoms with Gasteiger partial charge in [-0.05, 0) is 62.1 Å². The molecule has 7 nitrogen and oxygen atoms in total. The molecule has 0 aliphatic rings. The van der Waals surface area contributed by atoms with Crippen LogP contribution < -0.4 is 15.4 Å². The van der Waals surface area contributed by atoms with Crippen molar-refractivity contribution in [3.8, 4) is 11.5 Å². The molecule has 0 atom stereocenters. The molecule has 0 saturated heterocycles. The number of para-hydroxylation sites is 1. The summed E-state index contributed by atoms with van der Waals surface area (Å²) in [5.41, 5.74) is 3.86. The average Bonchev–Trinajstić information content (AvgIpc) is 2.90. The SMILES string of the molecule is CCCCCCCCC(=O)NCc1ccc(O)c(OCCCN(CC)CC(=O)Nc2c(C)cccc2C)c1. The molecule has 7 heteroatoms. The third kappa shape index (κ3) is 11.5. The Labute approximate surface area is 229 Å². The first-order valence-corrected chi connectivity index (χ1v) is 14.1. The van der Waals surface area contributed by atoms with Gasteiger partial charge in [-0.1, -0.05) is 70.2 Å². The van der Waals surface area contributed by atoms with Crippen molar-refractivity contribution in [1.29, 1.82) is 0 Å². The van der Waals surface area contributed by atoms with Gasteiger partial charge in [0, 0.05) is 25.2 Å². The second kappa shape index (κ2) is 17.4. The minimum absolute atomic E-state index is 0.0333. The van der Waals surface area contributed by atoms with Crippen molar-refractivity contribution < 1.29 is 19.4 Å². The van der Waals surface area contributed by atoms with E-state index in [4.69, 9.17) is 4.74 Å². The number of likely N-dealkylation sites (N-methyl/N-ethyl adjacent to an activating group) is 1. The average molecular weight is 526 g/mol. The van der Waals surface area contributed by atoms with E-state index in [1.165, 1.54) is 25.7 Å². The molecule has 0 radical (unpaired) electrons. The summed E-state index contributed by atoms with van der Waals surface area (Å²) in [5, 5.41) is 16.2. The second-order valence-corrected chi connectivity index (χ2v) is 9.98. The van der Waals surface area contributed by atoms with Crippen LogP contribution >= 0.6 is 0 Å². The van der Waals surface area contributed by atoms with Crippen LogP contribution in [-0.4, -0.2) is 48.1 Å². The van der Waals surface area contributed by atoms with Crippen molar-refractivity contribution in [1.82, 2.24) is 10.2 Å². The molecular formula is C31H47N3O4. The number of ether oxygens (including phenoxy) is 1. The fourth-order valence-corrected chi connectivity index (χ4v) is 4.35. The fraction of sp³-hybridized carbons (Fsp3) is 0.548. The molecule has 0 bridgehead atoms. The number of amides is 2. The number of aromatic hydroxyl groups is 1. The number of phenols is 1. The van der Waals surface area contributed by atoms with Gasteiger partial charge in [0.05, 0.1) is 13.2 Å². The van der Waals surface area contributed by atoms with Gasteiger partial charge in [0.25, 0.3) is 0 Å². The summed E-state index contributed by atoms with van der Waals surface area (Å²) in [5.74, 6) is 0.502. The number of aryl methyl sites for hydroxylation is 2. The molecule has 0 saturated carbocycles. The van der Waals surface area contributed by atoms with E-state index in [0.717, 1.165) is 41.8 Å². The number of unbranched alkanes of at least 4 members (excludes halogenated alkanes) is 5. The highest BCUT2D eigenvalue weighted by Crippen LogP contribution is 2.27. The number of rotatable bonds is 18. The number of nitrogens with zero attached hydrogens (tertiary/aromatic N) is 1. The number of carbonyl (C=O) groups excluding carboxylic acids is 2. The number of nitrogens with one attached hydrogen (secondary N) is 2. The molecule has 0 heterocycles. The largest absolute Gasteiger partial charge is 0.504 e. The molecule has 0 fully saturated rings. The van der Waals surface area contributed by atoms with Gasteiger partial charge in [-0.2, -0.15) is 0 Å². The van der Waals surface area contributed by atoms with Gasteiger partial charge in [-0.3, -0.25) is 14.5 Å². The summed E-state index contributed by atoms with van der Waals surface area (Å²) >= 11 is 0. The zero-order valence-electron chi connectivity index (χ0n) is 23.8. The van der Waals surface area contributed by atoms with E-state index in [1.807, 2.05) is 39.0 Å². The smallest absolute Gasteiger partial charge is 0.238 e. The number of hydrogen-bond acceptors (Lipinski definition) is 5. The molecule has 2 aromatic carbocycles. The van der Waals surface area contributed by atoms with E-state index >= 15 is 0 Å². The first-order valence-electron chi connectivity index (χ1n) is 14.1. The van der Waals surface area contributed by atoms with Crippen LogP contribution in [0.25, 0.3) is 0 Å². The highest BCUT2D eigenvalue weighted by molar-refractivity contribution is 5.93. The van der Waals surface area contributed by atoms with Gasteiger partial charge < -0.3 is 20.5 Å². The van der Waals surface area contributed by atoms with Gasteiger partial charge in [0.2, 0.25) is 11.8 Å². The van der Waals surface area contributed by atoms with Crippen LogP contribution in [0.2, 0.25) is 0 Å². The van der Waals surface area contributed by atoms with Crippen LogP contribution in [0.4, 0.5) is 5.69 Å². The fourth-order valence-electron chi connectivity index (χ4n) is 4.35. The molecule has 0 aliphatic carbocycles. The van der Waals surface area contributed by atoms with Crippen molar-refractivity contribution in [2.45, 2.75) is 85.6 Å². The quantitative estimate of drug-likeness (QED) is 0.204. The molecule has 38 heavy (non-hydrogen) atoms. The van der Waals surface area contributed by atoms with Crippen molar-refractivity contribution >= 4 is 17.5 Å². The van der Waals surface area contributed by atoms with Crippen molar-refractivity contribution in [3.05, 3.63) is 53.1 Å². The van der Waals surface area contributed by atoms with Crippen LogP contribution in [0.3, 0.4) is 0 Å². The Balaban J connectivity index is 1.72. The second-order valence-electron chi connectivity index (χ2n) is 9.98. The summed E-state index contributed by atoms with van der Waals surface area (Å²) in [7, 11) is 0. The Kier molecular flexibility index (Phi) is 14.3. The van der Waals surface area contributed by atoms with Gasteiger partial charge in [-0.15, -0.1) is 0 Å². The molecule has 2 rings (SSSR count). The first kappa shape index (κ1) is 31.2. The highest BCUT2D eigenvalue weighted by Gasteiger charge is 2.12. The molecular weight excluding hydrogens is 478 g/mol. The monoisotopic (exact) mass is 525 g/mol. The summed E-state index contributed by atoms with van der Waals surface area (Å²) in [6, 6.07) is 11.1. The molecule has 2 amide bonds. The molecule has 0 aliphatic heterocycles. The van der Waals surface area contributed by atoms with Gasteiger partial charge in [-0.25, -0.2) is 0 Å². The van der Waals surface area contributed by atoms with Gasteiger partial charge in [0.1, 0.15) is 0 Å². The first-order chi connectivity index (χ1) is 18.3. The van der Waals surface area contributed by atoms with E-state index in [-0.39, 0.29) is 17.6 Å². The third-order valence-electron chi connectivity index (χ3n) is 6.71. The maximum Gasteiger partial charge on any atom is 0.238 e. The lowest BCUT2D eigenvalue weighted by atomic mass is 10.1. The molecule has 0 aromatic heterocycles. The van der Waals surface area contributed by atoms with E-state index in [9.17, 15) is 14.7 Å². The lowest BCUT2D eigenvalue weighted by molar-refractivity contribution is -0.121. The summed E-state index contributed by atoms with van der Waals surface area (Å²) in [6.07, 6.45) is 8.19. The predicted octanol–water partition coefficient (Wildman–Crippen LogP) is 6.11. The lowest BCUT2D eigenvalue weighted by Gasteiger charge is -2.21. The number of carbonyl (C=O) groups is 2. The van der Waals surface area contributed by atoms with E-state index in [2.05, 4.69) is 22.5 Å². The minimum atomic E-state index is -0.0333. The minimum Gasteiger partial charge on any atom is -0.504 e. The summed E-state index contributed by atoms with van der Waals surface area (Å²) in [6.45, 7) is 10.8. The van der Waals surface area contributed by atoms with E-state index in [1.54, 1.807) is 18.2 Å².